The molecule has 1 aromatic heterocycles. The third-order valence-corrected chi connectivity index (χ3v) is 4.25. The van der Waals surface area contributed by atoms with Crippen molar-refractivity contribution in [2.75, 3.05) is 31.2 Å². The molecule has 0 bridgehead atoms. The molecule has 112 valence electrons. The first kappa shape index (κ1) is 13.1. The number of morpholine rings is 1. The standard InChI is InChI=1S/C16H20N2O3/c1-12-9-18(10-16(21-12)7-4-8-19-11-16)15-17-13-5-2-3-6-14(13)20-15/h2-3,5-6,12H,4,7-11H2,1H3/t12-,16-/m0/s1. The van der Waals surface area contributed by atoms with Crippen molar-refractivity contribution in [2.45, 2.75) is 31.5 Å². The summed E-state index contributed by atoms with van der Waals surface area (Å²) in [6.45, 7) is 5.18. The lowest BCUT2D eigenvalue weighted by atomic mass is 9.93. The number of hydrogen-bond donors (Lipinski definition) is 0. The van der Waals surface area contributed by atoms with Gasteiger partial charge in [0.2, 0.25) is 0 Å². The molecule has 2 atom stereocenters. The third kappa shape index (κ3) is 2.40. The fourth-order valence-electron chi connectivity index (χ4n) is 3.41. The van der Waals surface area contributed by atoms with Crippen LogP contribution in [0.3, 0.4) is 0 Å². The van der Waals surface area contributed by atoms with Gasteiger partial charge in [0.25, 0.3) is 6.01 Å². The lowest BCUT2D eigenvalue weighted by Gasteiger charge is -2.46. The number of para-hydroxylation sites is 2. The molecule has 0 unspecified atom stereocenters. The zero-order chi connectivity index (χ0) is 14.3. The smallest absolute Gasteiger partial charge is 0.298 e. The Kier molecular flexibility index (Phi) is 3.12. The van der Waals surface area contributed by atoms with Crippen LogP contribution < -0.4 is 4.90 Å². The Bertz CT molecular complexity index is 600. The Morgan fingerprint density at radius 1 is 1.33 bits per heavy atom. The van der Waals surface area contributed by atoms with Crippen molar-refractivity contribution in [2.24, 2.45) is 0 Å². The Morgan fingerprint density at radius 2 is 2.24 bits per heavy atom. The van der Waals surface area contributed by atoms with Crippen molar-refractivity contribution in [1.82, 2.24) is 4.98 Å². The molecule has 2 aromatic rings. The quantitative estimate of drug-likeness (QED) is 0.807. The molecular weight excluding hydrogens is 268 g/mol. The predicted molar refractivity (Wildman–Crippen MR) is 79.6 cm³/mol. The molecule has 2 fully saturated rings. The molecule has 21 heavy (non-hydrogen) atoms. The molecule has 0 amide bonds. The van der Waals surface area contributed by atoms with Crippen LogP contribution in [0, 0.1) is 0 Å². The zero-order valence-corrected chi connectivity index (χ0v) is 12.2. The van der Waals surface area contributed by atoms with E-state index in [0.717, 1.165) is 43.6 Å². The van der Waals surface area contributed by atoms with Gasteiger partial charge in [-0.2, -0.15) is 4.98 Å². The van der Waals surface area contributed by atoms with Crippen LogP contribution in [0.25, 0.3) is 11.1 Å². The number of benzene rings is 1. The summed E-state index contributed by atoms with van der Waals surface area (Å²) in [6.07, 6.45) is 2.23. The molecule has 2 aliphatic rings. The van der Waals surface area contributed by atoms with Crippen LogP contribution in [-0.4, -0.2) is 43.0 Å². The van der Waals surface area contributed by atoms with E-state index in [1.54, 1.807) is 0 Å². The van der Waals surface area contributed by atoms with Gasteiger partial charge >= 0.3 is 0 Å². The maximum absolute atomic E-state index is 6.20. The zero-order valence-electron chi connectivity index (χ0n) is 12.2. The summed E-state index contributed by atoms with van der Waals surface area (Å²) in [5, 5.41) is 0. The molecule has 5 nitrogen and oxygen atoms in total. The Labute approximate surface area is 123 Å². The van der Waals surface area contributed by atoms with Gasteiger partial charge in [-0.15, -0.1) is 0 Å². The van der Waals surface area contributed by atoms with Gasteiger partial charge in [-0.25, -0.2) is 0 Å². The highest BCUT2D eigenvalue weighted by Gasteiger charge is 2.42. The molecule has 4 rings (SSSR count). The van der Waals surface area contributed by atoms with E-state index in [0.29, 0.717) is 12.6 Å². The Morgan fingerprint density at radius 3 is 3.05 bits per heavy atom. The normalized spacial score (nSPS) is 30.1. The highest BCUT2D eigenvalue weighted by atomic mass is 16.6. The monoisotopic (exact) mass is 288 g/mol. The average molecular weight is 288 g/mol. The van der Waals surface area contributed by atoms with Crippen LogP contribution in [0.4, 0.5) is 6.01 Å². The summed E-state index contributed by atoms with van der Waals surface area (Å²) >= 11 is 0. The summed E-state index contributed by atoms with van der Waals surface area (Å²) < 4.78 is 17.8. The van der Waals surface area contributed by atoms with Crippen molar-refractivity contribution in [3.63, 3.8) is 0 Å². The van der Waals surface area contributed by atoms with Crippen molar-refractivity contribution < 1.29 is 13.9 Å². The van der Waals surface area contributed by atoms with Crippen LogP contribution in [-0.2, 0) is 9.47 Å². The summed E-state index contributed by atoms with van der Waals surface area (Å²) in [5.74, 6) is 0. The number of hydrogen-bond acceptors (Lipinski definition) is 5. The maximum Gasteiger partial charge on any atom is 0.298 e. The molecule has 2 aliphatic heterocycles. The van der Waals surface area contributed by atoms with E-state index in [-0.39, 0.29) is 11.7 Å². The molecule has 3 heterocycles. The SMILES string of the molecule is C[C@H]1CN(c2nc3ccccc3o2)C[C@]2(CCCOC2)O1. The van der Waals surface area contributed by atoms with Gasteiger partial charge in [0.15, 0.2) is 5.58 Å². The van der Waals surface area contributed by atoms with Gasteiger partial charge in [-0.1, -0.05) is 12.1 Å². The van der Waals surface area contributed by atoms with E-state index >= 15 is 0 Å². The summed E-state index contributed by atoms with van der Waals surface area (Å²) in [5.41, 5.74) is 1.53. The molecular formula is C16H20N2O3. The summed E-state index contributed by atoms with van der Waals surface area (Å²) in [4.78, 5) is 6.81. The van der Waals surface area contributed by atoms with Gasteiger partial charge in [0.1, 0.15) is 11.1 Å². The lowest BCUT2D eigenvalue weighted by Crippen LogP contribution is -2.58. The summed E-state index contributed by atoms with van der Waals surface area (Å²) in [6, 6.07) is 8.57. The van der Waals surface area contributed by atoms with Crippen LogP contribution in [0.1, 0.15) is 19.8 Å². The van der Waals surface area contributed by atoms with Crippen molar-refractivity contribution >= 4 is 17.1 Å². The van der Waals surface area contributed by atoms with Crippen molar-refractivity contribution in [3.05, 3.63) is 24.3 Å². The molecule has 2 saturated heterocycles. The average Bonchev–Trinajstić information content (AvgIpc) is 2.91. The van der Waals surface area contributed by atoms with E-state index in [4.69, 9.17) is 13.9 Å². The second kappa shape index (κ2) is 5.00. The van der Waals surface area contributed by atoms with Gasteiger partial charge in [0.05, 0.1) is 19.3 Å². The number of rotatable bonds is 1. The first-order chi connectivity index (χ1) is 10.2. The van der Waals surface area contributed by atoms with Crippen LogP contribution in [0.5, 0.6) is 0 Å². The number of oxazole rings is 1. The minimum absolute atomic E-state index is 0.149. The van der Waals surface area contributed by atoms with E-state index < -0.39 is 0 Å². The van der Waals surface area contributed by atoms with Crippen LogP contribution in [0.2, 0.25) is 0 Å². The van der Waals surface area contributed by atoms with E-state index in [9.17, 15) is 0 Å². The topological polar surface area (TPSA) is 47.7 Å². The van der Waals surface area contributed by atoms with Gasteiger partial charge in [0, 0.05) is 13.2 Å². The first-order valence-corrected chi connectivity index (χ1v) is 7.60. The number of fused-ring (bicyclic) bond motifs is 1. The minimum atomic E-state index is -0.212. The van der Waals surface area contributed by atoms with Crippen LogP contribution in [0.15, 0.2) is 28.7 Å². The largest absolute Gasteiger partial charge is 0.423 e. The number of anilines is 1. The number of ether oxygens (including phenoxy) is 2. The Balaban J connectivity index is 1.64. The highest BCUT2D eigenvalue weighted by molar-refractivity contribution is 5.74. The van der Waals surface area contributed by atoms with E-state index in [1.807, 2.05) is 24.3 Å². The molecule has 0 aliphatic carbocycles. The molecule has 1 aromatic carbocycles. The van der Waals surface area contributed by atoms with Gasteiger partial charge < -0.3 is 18.8 Å². The predicted octanol–water partition coefficient (Wildman–Crippen LogP) is 2.60. The Hall–Kier alpha value is -1.59. The fourth-order valence-corrected chi connectivity index (χ4v) is 3.41. The van der Waals surface area contributed by atoms with Gasteiger partial charge in [-0.3, -0.25) is 0 Å². The van der Waals surface area contributed by atoms with Crippen molar-refractivity contribution in [1.29, 1.82) is 0 Å². The molecule has 0 radical (unpaired) electrons. The second-order valence-corrected chi connectivity index (χ2v) is 6.11. The lowest BCUT2D eigenvalue weighted by molar-refractivity contribution is -0.161. The van der Waals surface area contributed by atoms with Gasteiger partial charge in [-0.05, 0) is 31.9 Å². The highest BCUT2D eigenvalue weighted by Crippen LogP contribution is 2.33. The van der Waals surface area contributed by atoms with Crippen molar-refractivity contribution in [3.8, 4) is 0 Å². The molecule has 5 heteroatoms. The molecule has 1 spiro atoms. The molecule has 0 saturated carbocycles. The van der Waals surface area contributed by atoms with Crippen LogP contribution >= 0.6 is 0 Å². The van der Waals surface area contributed by atoms with E-state index in [2.05, 4.69) is 16.8 Å². The number of nitrogens with zero attached hydrogens (tertiary/aromatic N) is 2. The third-order valence-electron chi connectivity index (χ3n) is 4.25. The minimum Gasteiger partial charge on any atom is -0.423 e. The van der Waals surface area contributed by atoms with E-state index in [1.165, 1.54) is 0 Å². The number of aromatic nitrogens is 1. The second-order valence-electron chi connectivity index (χ2n) is 6.11. The maximum atomic E-state index is 6.20. The fraction of sp³-hybridized carbons (Fsp3) is 0.562. The first-order valence-electron chi connectivity index (χ1n) is 7.60. The summed E-state index contributed by atoms with van der Waals surface area (Å²) in [7, 11) is 0. The molecule has 0 N–H and O–H groups in total.